The van der Waals surface area contributed by atoms with Gasteiger partial charge in [-0.3, -0.25) is 0 Å². The first-order valence-electron chi connectivity index (χ1n) is 16.4. The van der Waals surface area contributed by atoms with Crippen molar-refractivity contribution in [1.29, 1.82) is 0 Å². The molecule has 0 aliphatic heterocycles. The van der Waals surface area contributed by atoms with Crippen LogP contribution in [0.15, 0.2) is 156 Å². The zero-order valence-corrected chi connectivity index (χ0v) is 26.4. The second kappa shape index (κ2) is 10.9. The Bertz CT molecular complexity index is 2620. The van der Waals surface area contributed by atoms with Crippen LogP contribution in [0.5, 0.6) is 0 Å². The highest BCUT2D eigenvalue weighted by Crippen LogP contribution is 2.42. The minimum absolute atomic E-state index is 0.355. The van der Waals surface area contributed by atoms with Crippen molar-refractivity contribution in [3.05, 3.63) is 157 Å². The molecule has 1 aromatic heterocycles. The molecule has 0 bridgehead atoms. The second-order valence-electron chi connectivity index (χ2n) is 12.9. The van der Waals surface area contributed by atoms with Gasteiger partial charge >= 0.3 is 0 Å². The smallest absolute Gasteiger partial charge is 0.158 e. The van der Waals surface area contributed by atoms with Crippen molar-refractivity contribution in [3.8, 4) is 22.3 Å². The third-order valence-corrected chi connectivity index (χ3v) is 9.56. The fourth-order valence-electron chi connectivity index (χ4n) is 7.08. The third-order valence-electron chi connectivity index (χ3n) is 9.56. The lowest BCUT2D eigenvalue weighted by Crippen LogP contribution is -1.90. The summed E-state index contributed by atoms with van der Waals surface area (Å²) >= 11 is 0. The van der Waals surface area contributed by atoms with E-state index in [0.717, 1.165) is 27.9 Å². The standard InChI is InChI=1S/C45H33NO/c1-28(2)41-27-37-10-5-6-11-39(37)43-40-12-7-13-42(44(40)47-45(41)43)46-38-22-20-30(21-23-38)32-16-17-35-26-36(19-18-34(35)25-32)33-15-14-29-8-3-4-9-31(29)24-33/h3-28,46H,1-2H3. The molecule has 0 fully saturated rings. The van der Waals surface area contributed by atoms with Crippen molar-refractivity contribution in [1.82, 2.24) is 0 Å². The molecule has 0 aliphatic rings. The first-order chi connectivity index (χ1) is 23.1. The Morgan fingerprint density at radius 2 is 1.00 bits per heavy atom. The Kier molecular flexibility index (Phi) is 6.36. The largest absolute Gasteiger partial charge is 0.454 e. The van der Waals surface area contributed by atoms with Gasteiger partial charge in [-0.1, -0.05) is 123 Å². The maximum Gasteiger partial charge on any atom is 0.158 e. The number of anilines is 2. The van der Waals surface area contributed by atoms with Crippen LogP contribution in [0.1, 0.15) is 25.3 Å². The number of hydrogen-bond acceptors (Lipinski definition) is 2. The third kappa shape index (κ3) is 4.73. The van der Waals surface area contributed by atoms with Gasteiger partial charge in [-0.2, -0.15) is 0 Å². The van der Waals surface area contributed by atoms with Crippen LogP contribution in [-0.4, -0.2) is 0 Å². The van der Waals surface area contributed by atoms with E-state index >= 15 is 0 Å². The fourth-order valence-corrected chi connectivity index (χ4v) is 7.08. The number of hydrogen-bond donors (Lipinski definition) is 1. The average molecular weight is 604 g/mol. The van der Waals surface area contributed by atoms with Crippen molar-refractivity contribution in [2.75, 3.05) is 5.32 Å². The van der Waals surface area contributed by atoms with Crippen LogP contribution in [0.2, 0.25) is 0 Å². The fraction of sp³-hybridized carbons (Fsp3) is 0.0667. The summed E-state index contributed by atoms with van der Waals surface area (Å²) in [6.07, 6.45) is 0. The summed E-state index contributed by atoms with van der Waals surface area (Å²) in [7, 11) is 0. The van der Waals surface area contributed by atoms with E-state index < -0.39 is 0 Å². The van der Waals surface area contributed by atoms with Gasteiger partial charge in [0.15, 0.2) is 5.58 Å². The molecule has 9 aromatic rings. The molecule has 0 unspecified atom stereocenters. The van der Waals surface area contributed by atoms with Crippen LogP contribution in [0.4, 0.5) is 11.4 Å². The molecule has 1 heterocycles. The van der Waals surface area contributed by atoms with E-state index in [1.165, 1.54) is 65.5 Å². The topological polar surface area (TPSA) is 25.2 Å². The van der Waals surface area contributed by atoms with Gasteiger partial charge in [0.25, 0.3) is 0 Å². The Hall–Kier alpha value is -5.86. The molecule has 0 atom stereocenters. The molecule has 0 radical (unpaired) electrons. The van der Waals surface area contributed by atoms with Gasteiger partial charge in [0.05, 0.1) is 5.69 Å². The lowest BCUT2D eigenvalue weighted by Gasteiger charge is -2.10. The summed E-state index contributed by atoms with van der Waals surface area (Å²) in [4.78, 5) is 0. The lowest BCUT2D eigenvalue weighted by atomic mass is 9.95. The van der Waals surface area contributed by atoms with Gasteiger partial charge in [-0.05, 0) is 109 Å². The maximum absolute atomic E-state index is 6.68. The lowest BCUT2D eigenvalue weighted by molar-refractivity contribution is 0.658. The normalized spacial score (nSPS) is 11.8. The van der Waals surface area contributed by atoms with E-state index in [4.69, 9.17) is 4.42 Å². The molecular weight excluding hydrogens is 571 g/mol. The molecule has 8 aromatic carbocycles. The summed E-state index contributed by atoms with van der Waals surface area (Å²) in [6.45, 7) is 4.47. The predicted molar refractivity (Wildman–Crippen MR) is 201 cm³/mol. The molecule has 47 heavy (non-hydrogen) atoms. The predicted octanol–water partition coefficient (Wildman–Crippen LogP) is 13.2. The second-order valence-corrected chi connectivity index (χ2v) is 12.9. The Morgan fingerprint density at radius 3 is 1.70 bits per heavy atom. The van der Waals surface area contributed by atoms with Gasteiger partial charge in [0, 0.05) is 16.5 Å². The average Bonchev–Trinajstić information content (AvgIpc) is 3.52. The van der Waals surface area contributed by atoms with E-state index in [9.17, 15) is 0 Å². The monoisotopic (exact) mass is 603 g/mol. The van der Waals surface area contributed by atoms with Crippen molar-refractivity contribution in [3.63, 3.8) is 0 Å². The minimum Gasteiger partial charge on any atom is -0.454 e. The zero-order valence-electron chi connectivity index (χ0n) is 26.4. The molecule has 224 valence electrons. The van der Waals surface area contributed by atoms with Crippen LogP contribution < -0.4 is 5.32 Å². The zero-order chi connectivity index (χ0) is 31.5. The molecule has 0 spiro atoms. The van der Waals surface area contributed by atoms with Crippen LogP contribution in [0.25, 0.3) is 76.5 Å². The van der Waals surface area contributed by atoms with Gasteiger partial charge in [0.1, 0.15) is 5.58 Å². The molecule has 2 nitrogen and oxygen atoms in total. The van der Waals surface area contributed by atoms with Crippen LogP contribution in [0.3, 0.4) is 0 Å². The highest BCUT2D eigenvalue weighted by molar-refractivity contribution is 6.21. The van der Waals surface area contributed by atoms with Crippen LogP contribution >= 0.6 is 0 Å². The Morgan fingerprint density at radius 1 is 0.447 bits per heavy atom. The highest BCUT2D eigenvalue weighted by atomic mass is 16.3. The molecule has 2 heteroatoms. The molecule has 0 amide bonds. The van der Waals surface area contributed by atoms with Crippen molar-refractivity contribution >= 4 is 65.6 Å². The Labute approximate surface area is 273 Å². The first kappa shape index (κ1) is 27.5. The summed E-state index contributed by atoms with van der Waals surface area (Å²) in [5.41, 5.74) is 9.98. The van der Waals surface area contributed by atoms with E-state index in [1.807, 2.05) is 0 Å². The quantitative estimate of drug-likeness (QED) is 0.212. The number of fused-ring (bicyclic) bond motifs is 7. The van der Waals surface area contributed by atoms with E-state index in [0.29, 0.717) is 5.92 Å². The van der Waals surface area contributed by atoms with Gasteiger partial charge in [0.2, 0.25) is 0 Å². The van der Waals surface area contributed by atoms with Gasteiger partial charge in [-0.15, -0.1) is 0 Å². The van der Waals surface area contributed by atoms with E-state index in [2.05, 4.69) is 171 Å². The van der Waals surface area contributed by atoms with Gasteiger partial charge in [-0.25, -0.2) is 0 Å². The first-order valence-corrected chi connectivity index (χ1v) is 16.4. The molecular formula is C45H33NO. The van der Waals surface area contributed by atoms with Gasteiger partial charge < -0.3 is 9.73 Å². The Balaban J connectivity index is 1.02. The highest BCUT2D eigenvalue weighted by Gasteiger charge is 2.18. The summed E-state index contributed by atoms with van der Waals surface area (Å²) < 4.78 is 6.68. The number of furan rings is 1. The number of para-hydroxylation sites is 1. The van der Waals surface area contributed by atoms with Crippen LogP contribution in [0, 0.1) is 0 Å². The SMILES string of the molecule is CC(C)c1cc2ccccc2c2c1oc1c(Nc3ccc(-c4ccc5cc(-c6ccc7ccccc7c6)ccc5c4)cc3)cccc12. The molecule has 0 saturated heterocycles. The minimum atomic E-state index is 0.355. The molecule has 1 N–H and O–H groups in total. The summed E-state index contributed by atoms with van der Waals surface area (Å²) in [5.74, 6) is 0.355. The number of benzene rings is 8. The van der Waals surface area contributed by atoms with Crippen LogP contribution in [-0.2, 0) is 0 Å². The summed E-state index contributed by atoms with van der Waals surface area (Å²) in [5, 5.41) is 13.5. The number of rotatable bonds is 5. The molecule has 0 saturated carbocycles. The van der Waals surface area contributed by atoms with Crippen molar-refractivity contribution in [2.24, 2.45) is 0 Å². The summed E-state index contributed by atoms with van der Waals surface area (Å²) in [6, 6.07) is 54.7. The maximum atomic E-state index is 6.68. The molecule has 9 rings (SSSR count). The molecule has 0 aliphatic carbocycles. The number of nitrogens with one attached hydrogen (secondary N) is 1. The van der Waals surface area contributed by atoms with E-state index in [-0.39, 0.29) is 0 Å². The van der Waals surface area contributed by atoms with Crippen molar-refractivity contribution in [2.45, 2.75) is 19.8 Å². The van der Waals surface area contributed by atoms with E-state index in [1.54, 1.807) is 0 Å². The van der Waals surface area contributed by atoms with Crippen molar-refractivity contribution < 1.29 is 4.42 Å².